The zero-order valence-corrected chi connectivity index (χ0v) is 15.7. The minimum atomic E-state index is -0.0731. The fourth-order valence-corrected chi connectivity index (χ4v) is 3.71. The summed E-state index contributed by atoms with van der Waals surface area (Å²) >= 11 is 1.69. The van der Waals surface area contributed by atoms with Gasteiger partial charge in [-0.15, -0.1) is 30.3 Å². The summed E-state index contributed by atoms with van der Waals surface area (Å²) < 4.78 is 0. The first-order valence-electron chi connectivity index (χ1n) is 7.99. The van der Waals surface area contributed by atoms with Crippen molar-refractivity contribution in [2.75, 3.05) is 26.7 Å². The first-order valence-corrected chi connectivity index (χ1v) is 8.87. The van der Waals surface area contributed by atoms with Crippen LogP contribution in [0.4, 0.5) is 0 Å². The fourth-order valence-electron chi connectivity index (χ4n) is 2.99. The topological polar surface area (TPSA) is 35.6 Å². The summed E-state index contributed by atoms with van der Waals surface area (Å²) in [6, 6.07) is 4.53. The smallest absolute Gasteiger partial charge is 0.240 e. The molecule has 2 unspecified atom stereocenters. The Hall–Kier alpha value is -0.880. The van der Waals surface area contributed by atoms with Gasteiger partial charge in [0.2, 0.25) is 5.91 Å². The van der Waals surface area contributed by atoms with E-state index in [1.807, 2.05) is 31.0 Å². The summed E-state index contributed by atoms with van der Waals surface area (Å²) in [5.41, 5.74) is 0. The van der Waals surface area contributed by atoms with Gasteiger partial charge >= 0.3 is 0 Å². The van der Waals surface area contributed by atoms with E-state index in [2.05, 4.69) is 28.2 Å². The second-order valence-corrected chi connectivity index (χ2v) is 6.92. The molecule has 0 aromatic carbocycles. The number of likely N-dealkylation sites (N-methyl/N-ethyl adjacent to an activating group) is 1. The average Bonchev–Trinajstić information content (AvgIpc) is 3.06. The van der Waals surface area contributed by atoms with E-state index in [1.54, 1.807) is 11.3 Å². The minimum absolute atomic E-state index is 0. The number of carbonyl (C=O) groups is 1. The van der Waals surface area contributed by atoms with Crippen molar-refractivity contribution in [3.05, 3.63) is 35.0 Å². The summed E-state index contributed by atoms with van der Waals surface area (Å²) in [4.78, 5) is 18.3. The lowest BCUT2D eigenvalue weighted by molar-refractivity contribution is -0.137. The van der Waals surface area contributed by atoms with Gasteiger partial charge in [0, 0.05) is 24.0 Å². The number of hydrogen-bond acceptors (Lipinski definition) is 4. The van der Waals surface area contributed by atoms with E-state index < -0.39 is 0 Å². The van der Waals surface area contributed by atoms with Crippen LogP contribution in [0.2, 0.25) is 0 Å². The Morgan fingerprint density at radius 2 is 2.43 bits per heavy atom. The molecular weight excluding hydrogens is 330 g/mol. The molecule has 1 saturated heterocycles. The van der Waals surface area contributed by atoms with Crippen molar-refractivity contribution in [2.45, 2.75) is 38.4 Å². The summed E-state index contributed by atoms with van der Waals surface area (Å²) in [6.45, 7) is 9.06. The Morgan fingerprint density at radius 3 is 3.04 bits per heavy atom. The molecule has 4 nitrogen and oxygen atoms in total. The highest BCUT2D eigenvalue weighted by Crippen LogP contribution is 2.17. The molecule has 2 atom stereocenters. The number of carbonyl (C=O) groups excluding carboxylic acids is 1. The van der Waals surface area contributed by atoms with Gasteiger partial charge in [-0.1, -0.05) is 12.1 Å². The van der Waals surface area contributed by atoms with Gasteiger partial charge in [-0.2, -0.15) is 0 Å². The summed E-state index contributed by atoms with van der Waals surface area (Å²) in [5.74, 6) is 0.199. The Balaban J connectivity index is 0.00000264. The van der Waals surface area contributed by atoms with Crippen LogP contribution < -0.4 is 5.32 Å². The van der Waals surface area contributed by atoms with E-state index in [1.165, 1.54) is 11.3 Å². The molecule has 0 bridgehead atoms. The Kier molecular flexibility index (Phi) is 8.84. The molecule has 1 aliphatic rings. The van der Waals surface area contributed by atoms with Gasteiger partial charge in [-0.3, -0.25) is 9.69 Å². The molecule has 130 valence electrons. The molecule has 2 rings (SSSR count). The SMILES string of the molecule is C=CCN(Cc1cccs1)C(=O)C(C)N1CCCC(NC)C1.Cl. The molecule has 2 heterocycles. The molecule has 1 aliphatic heterocycles. The van der Waals surface area contributed by atoms with Crippen molar-refractivity contribution in [2.24, 2.45) is 0 Å². The molecular formula is C17H28ClN3OS. The van der Waals surface area contributed by atoms with Gasteiger partial charge in [-0.25, -0.2) is 0 Å². The largest absolute Gasteiger partial charge is 0.332 e. The lowest BCUT2D eigenvalue weighted by Crippen LogP contribution is -2.53. The number of nitrogens with zero attached hydrogens (tertiary/aromatic N) is 2. The van der Waals surface area contributed by atoms with Crippen LogP contribution in [-0.4, -0.2) is 54.5 Å². The monoisotopic (exact) mass is 357 g/mol. The zero-order valence-electron chi connectivity index (χ0n) is 14.0. The average molecular weight is 358 g/mol. The van der Waals surface area contributed by atoms with Crippen LogP contribution in [0, 0.1) is 0 Å². The van der Waals surface area contributed by atoms with Crippen molar-refractivity contribution >= 4 is 29.7 Å². The Labute approximate surface area is 150 Å². The highest BCUT2D eigenvalue weighted by molar-refractivity contribution is 7.09. The Morgan fingerprint density at radius 1 is 1.65 bits per heavy atom. The van der Waals surface area contributed by atoms with Gasteiger partial charge in [0.05, 0.1) is 12.6 Å². The molecule has 1 amide bonds. The molecule has 0 radical (unpaired) electrons. The molecule has 6 heteroatoms. The van der Waals surface area contributed by atoms with Crippen LogP contribution in [0.25, 0.3) is 0 Å². The molecule has 1 aromatic rings. The third-order valence-electron chi connectivity index (χ3n) is 4.35. The van der Waals surface area contributed by atoms with Gasteiger partial charge in [0.15, 0.2) is 0 Å². The maximum atomic E-state index is 12.9. The van der Waals surface area contributed by atoms with Crippen molar-refractivity contribution < 1.29 is 4.79 Å². The fraction of sp³-hybridized carbons (Fsp3) is 0.588. The van der Waals surface area contributed by atoms with Crippen molar-refractivity contribution in [3.63, 3.8) is 0 Å². The molecule has 23 heavy (non-hydrogen) atoms. The minimum Gasteiger partial charge on any atom is -0.332 e. The quantitative estimate of drug-likeness (QED) is 0.762. The van der Waals surface area contributed by atoms with E-state index >= 15 is 0 Å². The zero-order chi connectivity index (χ0) is 15.9. The first-order chi connectivity index (χ1) is 10.7. The summed E-state index contributed by atoms with van der Waals surface area (Å²) in [5, 5.41) is 5.39. The highest BCUT2D eigenvalue weighted by Gasteiger charge is 2.29. The van der Waals surface area contributed by atoms with E-state index in [0.717, 1.165) is 19.5 Å². The Bertz CT molecular complexity index is 480. The summed E-state index contributed by atoms with van der Waals surface area (Å²) in [6.07, 6.45) is 4.15. The van der Waals surface area contributed by atoms with Crippen LogP contribution in [0.15, 0.2) is 30.2 Å². The number of rotatable bonds is 7. The third kappa shape index (κ3) is 5.60. The van der Waals surface area contributed by atoms with Crippen LogP contribution in [0.3, 0.4) is 0 Å². The van der Waals surface area contributed by atoms with Crippen molar-refractivity contribution in [3.8, 4) is 0 Å². The molecule has 0 spiro atoms. The molecule has 1 fully saturated rings. The third-order valence-corrected chi connectivity index (χ3v) is 5.22. The molecule has 0 aliphatic carbocycles. The van der Waals surface area contributed by atoms with Gasteiger partial charge < -0.3 is 10.2 Å². The normalized spacial score (nSPS) is 19.7. The van der Waals surface area contributed by atoms with Crippen LogP contribution in [0.5, 0.6) is 0 Å². The van der Waals surface area contributed by atoms with Crippen LogP contribution in [-0.2, 0) is 11.3 Å². The van der Waals surface area contributed by atoms with Crippen LogP contribution in [0.1, 0.15) is 24.6 Å². The van der Waals surface area contributed by atoms with E-state index in [-0.39, 0.29) is 24.4 Å². The number of nitrogens with one attached hydrogen (secondary N) is 1. The second kappa shape index (κ2) is 10.1. The maximum Gasteiger partial charge on any atom is 0.240 e. The van der Waals surface area contributed by atoms with Crippen molar-refractivity contribution in [1.82, 2.24) is 15.1 Å². The molecule has 0 saturated carbocycles. The number of likely N-dealkylation sites (tertiary alicyclic amines) is 1. The van der Waals surface area contributed by atoms with E-state index in [0.29, 0.717) is 19.1 Å². The standard InChI is InChI=1S/C17H27N3OS.ClH/c1-4-9-20(13-16-8-6-11-22-16)17(21)14(2)19-10-5-7-15(12-19)18-3;/h4,6,8,11,14-15,18H,1,5,7,9-10,12-13H2,2-3H3;1H. The number of piperidine rings is 1. The number of amides is 1. The van der Waals surface area contributed by atoms with Crippen LogP contribution >= 0.6 is 23.7 Å². The number of thiophene rings is 1. The first kappa shape index (κ1) is 20.2. The van der Waals surface area contributed by atoms with E-state index in [4.69, 9.17) is 0 Å². The predicted molar refractivity (Wildman–Crippen MR) is 100 cm³/mol. The number of hydrogen-bond donors (Lipinski definition) is 1. The summed E-state index contributed by atoms with van der Waals surface area (Å²) in [7, 11) is 2.00. The van der Waals surface area contributed by atoms with Gasteiger partial charge in [-0.05, 0) is 44.8 Å². The lowest BCUT2D eigenvalue weighted by Gasteiger charge is -2.37. The lowest BCUT2D eigenvalue weighted by atomic mass is 10.0. The van der Waals surface area contributed by atoms with Crippen molar-refractivity contribution in [1.29, 1.82) is 0 Å². The molecule has 1 aromatic heterocycles. The maximum absolute atomic E-state index is 12.9. The van der Waals surface area contributed by atoms with E-state index in [9.17, 15) is 4.79 Å². The van der Waals surface area contributed by atoms with Gasteiger partial charge in [0.25, 0.3) is 0 Å². The van der Waals surface area contributed by atoms with Gasteiger partial charge in [0.1, 0.15) is 0 Å². The predicted octanol–water partition coefficient (Wildman–Crippen LogP) is 2.76. The number of halogens is 1. The second-order valence-electron chi connectivity index (χ2n) is 5.89. The highest BCUT2D eigenvalue weighted by atomic mass is 35.5. The molecule has 1 N–H and O–H groups in total.